The summed E-state index contributed by atoms with van der Waals surface area (Å²) in [5.41, 5.74) is 5.30. The van der Waals surface area contributed by atoms with Crippen LogP contribution >= 0.6 is 20.7 Å². The lowest BCUT2D eigenvalue weighted by Crippen LogP contribution is -2.03. The third-order valence-corrected chi connectivity index (χ3v) is 8.05. The molecule has 4 rings (SSSR count). The average molecular weight is 641 g/mol. The summed E-state index contributed by atoms with van der Waals surface area (Å²) >= 11 is -0.243. The molecule has 0 unspecified atom stereocenters. The molecular weight excluding hydrogens is 625 g/mol. The first kappa shape index (κ1) is 25.7. The Labute approximate surface area is 214 Å². The van der Waals surface area contributed by atoms with Crippen molar-refractivity contribution in [1.82, 2.24) is 0 Å². The van der Waals surface area contributed by atoms with Crippen LogP contribution in [0.15, 0.2) is 94.6 Å². The van der Waals surface area contributed by atoms with Crippen LogP contribution in [0.1, 0.15) is 0 Å². The van der Waals surface area contributed by atoms with E-state index in [9.17, 15) is 31.0 Å². The average Bonchev–Trinajstić information content (AvgIpc) is 2.82. The van der Waals surface area contributed by atoms with Crippen LogP contribution in [0.4, 0.5) is 22.7 Å². The zero-order valence-electron chi connectivity index (χ0n) is 17.9. The summed E-state index contributed by atoms with van der Waals surface area (Å²) in [6.45, 7) is 0. The summed E-state index contributed by atoms with van der Waals surface area (Å²) in [6, 6.07) is 9.85. The van der Waals surface area contributed by atoms with Crippen molar-refractivity contribution in [3.63, 3.8) is 0 Å². The van der Waals surface area contributed by atoms with E-state index in [0.717, 1.165) is 12.1 Å². The Kier molecular flexibility index (Phi) is 7.10. The molecule has 0 aromatic heterocycles. The van der Waals surface area contributed by atoms with Crippen molar-refractivity contribution >= 4 is 78.5 Å². The molecule has 15 heteroatoms. The maximum Gasteiger partial charge on any atom is 0.296 e. The minimum absolute atomic E-state index is 0.238. The Morgan fingerprint density at radius 2 is 1.44 bits per heavy atom. The van der Waals surface area contributed by atoms with Crippen molar-refractivity contribution in [2.75, 3.05) is 5.73 Å². The molecule has 36 heavy (non-hydrogen) atoms. The van der Waals surface area contributed by atoms with E-state index in [-0.39, 0.29) is 31.5 Å². The highest BCUT2D eigenvalue weighted by Gasteiger charge is 2.28. The minimum atomic E-state index is -4.97. The van der Waals surface area contributed by atoms with Gasteiger partial charge in [0.25, 0.3) is 20.2 Å². The Morgan fingerprint density at radius 1 is 0.833 bits per heavy atom. The molecule has 3 aromatic carbocycles. The number of anilines is 1. The molecule has 5 N–H and O–H groups in total. The molecule has 0 bridgehead atoms. The van der Waals surface area contributed by atoms with Gasteiger partial charge in [0.1, 0.15) is 21.2 Å². The van der Waals surface area contributed by atoms with Crippen molar-refractivity contribution < 1.29 is 31.0 Å². The third-order valence-electron chi connectivity index (χ3n) is 4.77. The number of azo groups is 2. The number of rotatable bonds is 6. The molecule has 0 fully saturated rings. The Balaban J connectivity index is 2.03. The lowest BCUT2D eigenvalue weighted by atomic mass is 10.1. The number of allylic oxidation sites excluding steroid dienone is 2. The number of nitrogens with two attached hydrogens (primary N) is 1. The van der Waals surface area contributed by atoms with E-state index in [2.05, 4.69) is 20.5 Å². The lowest BCUT2D eigenvalue weighted by molar-refractivity contribution is 0.472. The zero-order valence-corrected chi connectivity index (χ0v) is 21.7. The van der Waals surface area contributed by atoms with Gasteiger partial charge in [0, 0.05) is 0 Å². The minimum Gasteiger partial charge on any atom is -0.505 e. The molecule has 0 spiro atoms. The van der Waals surface area contributed by atoms with Crippen molar-refractivity contribution in [2.24, 2.45) is 20.5 Å². The van der Waals surface area contributed by atoms with Gasteiger partial charge in [0.05, 0.1) is 22.5 Å². The summed E-state index contributed by atoms with van der Waals surface area (Å²) in [4.78, 5) is -1.65. The monoisotopic (exact) mass is 641 g/mol. The summed E-state index contributed by atoms with van der Waals surface area (Å²) in [5.74, 6) is -0.814. The van der Waals surface area contributed by atoms with E-state index in [1.165, 1.54) is 0 Å². The van der Waals surface area contributed by atoms with E-state index in [0.29, 0.717) is 11.4 Å². The number of benzene rings is 3. The van der Waals surface area contributed by atoms with Crippen molar-refractivity contribution in [2.45, 2.75) is 9.79 Å². The number of aromatic hydroxyl groups is 1. The van der Waals surface area contributed by atoms with Crippen molar-refractivity contribution in [1.29, 1.82) is 0 Å². The zero-order chi connectivity index (χ0) is 26.1. The summed E-state index contributed by atoms with van der Waals surface area (Å²) in [7, 11) is -9.90. The van der Waals surface area contributed by atoms with Gasteiger partial charge in [-0.2, -0.15) is 27.1 Å². The first-order chi connectivity index (χ1) is 17.0. The number of hydrogen-bond donors (Lipinski definition) is 4. The molecule has 12 nitrogen and oxygen atoms in total. The molecule has 0 amide bonds. The second-order valence-electron chi connectivity index (χ2n) is 7.13. The number of phenols is 1. The fourth-order valence-corrected chi connectivity index (χ4v) is 5.90. The molecule has 0 saturated carbocycles. The van der Waals surface area contributed by atoms with Gasteiger partial charge in [-0.05, 0) is 49.9 Å². The van der Waals surface area contributed by atoms with Crippen LogP contribution in [0, 0.1) is 0 Å². The van der Waals surface area contributed by atoms with Gasteiger partial charge in [-0.3, -0.25) is 9.11 Å². The fraction of sp³-hybridized carbons (Fsp3) is 0. The highest BCUT2D eigenvalue weighted by Crippen LogP contribution is 2.48. The summed E-state index contributed by atoms with van der Waals surface area (Å²) in [6.07, 6.45) is 3.36. The molecule has 1 aliphatic rings. The van der Waals surface area contributed by atoms with Gasteiger partial charge in [-0.15, -0.1) is 10.2 Å². The molecule has 186 valence electrons. The highest BCUT2D eigenvalue weighted by molar-refractivity contribution is 14.2. The van der Waals surface area contributed by atoms with Gasteiger partial charge in [-0.1, -0.05) is 38.9 Å². The molecule has 0 saturated heterocycles. The quantitative estimate of drug-likeness (QED) is 0.120. The van der Waals surface area contributed by atoms with E-state index < -0.39 is 52.8 Å². The van der Waals surface area contributed by atoms with E-state index in [1.54, 1.807) is 42.5 Å². The van der Waals surface area contributed by atoms with Gasteiger partial charge >= 0.3 is 0 Å². The van der Waals surface area contributed by atoms with Gasteiger partial charge in [0.15, 0.2) is 5.75 Å². The third kappa shape index (κ3) is 5.39. The van der Waals surface area contributed by atoms with Crippen LogP contribution in [0.3, 0.4) is 0 Å². The van der Waals surface area contributed by atoms with Gasteiger partial charge in [-0.25, -0.2) is 0 Å². The second-order valence-corrected chi connectivity index (χ2v) is 12.1. The Morgan fingerprint density at radius 3 is 2.03 bits per heavy atom. The molecule has 0 aliphatic carbocycles. The van der Waals surface area contributed by atoms with Gasteiger partial charge in [0.2, 0.25) is 0 Å². The molecule has 3 aromatic rings. The molecule has 0 radical (unpaired) electrons. The first-order valence-electron chi connectivity index (χ1n) is 9.74. The normalized spacial score (nSPS) is 14.4. The topological polar surface area (TPSA) is 204 Å². The van der Waals surface area contributed by atoms with Crippen LogP contribution in [0.2, 0.25) is 0 Å². The van der Waals surface area contributed by atoms with Crippen LogP contribution in [-0.2, 0) is 20.2 Å². The van der Waals surface area contributed by atoms with Gasteiger partial charge < -0.3 is 10.8 Å². The van der Waals surface area contributed by atoms with Crippen molar-refractivity contribution in [3.05, 3.63) is 64.4 Å². The second kappa shape index (κ2) is 9.94. The Bertz CT molecular complexity index is 1750. The van der Waals surface area contributed by atoms with E-state index in [4.69, 9.17) is 5.73 Å². The molecule has 1 heterocycles. The van der Waals surface area contributed by atoms with Crippen LogP contribution in [0.5, 0.6) is 5.75 Å². The summed E-state index contributed by atoms with van der Waals surface area (Å²) in [5, 5.41) is 26.0. The number of halogens is 1. The maximum absolute atomic E-state index is 12.1. The SMILES string of the molecule is Nc1c(N=NC2=CC=IC=C2)c(S(=O)(=O)O)cc2cc(S(=O)(=O)O)c(N=Nc3ccccc3)c(O)c12. The standard InChI is InChI=1S/C21H16IN5O7S2/c23-18-17-12(10-15(35(29,30)31)19(18)26-25-14-6-8-22-9-7-14)11-16(36(32,33)34)20(21(17)28)27-24-13-4-2-1-3-5-13/h1-11,28H,23H2,(H,29,30,31)(H,32,33,34). The molecule has 0 atom stereocenters. The van der Waals surface area contributed by atoms with Crippen LogP contribution < -0.4 is 5.73 Å². The highest BCUT2D eigenvalue weighted by atomic mass is 127. The van der Waals surface area contributed by atoms with Crippen molar-refractivity contribution in [3.8, 4) is 5.75 Å². The van der Waals surface area contributed by atoms with E-state index >= 15 is 0 Å². The fourth-order valence-electron chi connectivity index (χ4n) is 3.18. The first-order valence-corrected chi connectivity index (χ1v) is 15.1. The molecular formula is C21H16IN5O7S2. The number of fused-ring (bicyclic) bond motifs is 1. The number of nitrogen functional groups attached to an aromatic ring is 1. The number of phenolic OH excluding ortho intramolecular Hbond substituents is 1. The van der Waals surface area contributed by atoms with E-state index in [1.807, 2.05) is 8.09 Å². The number of nitrogens with zero attached hydrogens (tertiary/aromatic N) is 4. The largest absolute Gasteiger partial charge is 0.505 e. The van der Waals surface area contributed by atoms with Crippen LogP contribution in [0.25, 0.3) is 10.8 Å². The predicted molar refractivity (Wildman–Crippen MR) is 142 cm³/mol. The maximum atomic E-state index is 12.1. The number of hydrogen-bond acceptors (Lipinski definition) is 10. The van der Waals surface area contributed by atoms with Crippen LogP contribution in [-0.4, -0.2) is 35.1 Å². The molecule has 1 aliphatic heterocycles. The Hall–Kier alpha value is -3.38. The smallest absolute Gasteiger partial charge is 0.296 e. The summed E-state index contributed by atoms with van der Waals surface area (Å²) < 4.78 is 71.6. The predicted octanol–water partition coefficient (Wildman–Crippen LogP) is 5.30. The lowest BCUT2D eigenvalue weighted by Gasteiger charge is -2.14.